The minimum Gasteiger partial charge on any atom is -0.481 e. The molecule has 2 amide bonds. The molecular weight excluding hydrogens is 212 g/mol. The van der Waals surface area contributed by atoms with Crippen LogP contribution < -0.4 is 10.6 Å². The molecule has 2 aliphatic rings. The number of carbonyl (C=O) groups is 3. The maximum atomic E-state index is 11.4. The van der Waals surface area contributed by atoms with Gasteiger partial charge < -0.3 is 15.7 Å². The van der Waals surface area contributed by atoms with Crippen LogP contribution in [0.25, 0.3) is 0 Å². The molecule has 0 heterocycles. The minimum atomic E-state index is -0.942. The molecule has 0 aromatic carbocycles. The summed E-state index contributed by atoms with van der Waals surface area (Å²) in [4.78, 5) is 33.1. The molecule has 0 aromatic heterocycles. The van der Waals surface area contributed by atoms with Gasteiger partial charge in [-0.3, -0.25) is 14.4 Å². The lowest BCUT2D eigenvalue weighted by atomic mass is 10.3. The number of nitrogens with one attached hydrogen (secondary N) is 2. The van der Waals surface area contributed by atoms with Gasteiger partial charge >= 0.3 is 5.97 Å². The van der Waals surface area contributed by atoms with Gasteiger partial charge in [0, 0.05) is 6.04 Å². The van der Waals surface area contributed by atoms with Crippen molar-refractivity contribution in [1.29, 1.82) is 0 Å². The van der Waals surface area contributed by atoms with E-state index >= 15 is 0 Å². The molecule has 0 bridgehead atoms. The predicted octanol–water partition coefficient (Wildman–Crippen LogP) is -0.898. The van der Waals surface area contributed by atoms with Crippen LogP contribution in [0.3, 0.4) is 0 Å². The first kappa shape index (κ1) is 10.9. The third-order valence-corrected chi connectivity index (χ3v) is 2.81. The van der Waals surface area contributed by atoms with Gasteiger partial charge in [0.15, 0.2) is 0 Å². The summed E-state index contributed by atoms with van der Waals surface area (Å²) >= 11 is 0. The topological polar surface area (TPSA) is 95.5 Å². The monoisotopic (exact) mass is 226 g/mol. The van der Waals surface area contributed by atoms with Crippen molar-refractivity contribution in [2.75, 3.05) is 6.54 Å². The van der Waals surface area contributed by atoms with Crippen LogP contribution in [-0.4, -0.2) is 35.5 Å². The maximum Gasteiger partial charge on any atom is 0.307 e. The highest BCUT2D eigenvalue weighted by atomic mass is 16.4. The highest BCUT2D eigenvalue weighted by Gasteiger charge is 2.48. The Balaban J connectivity index is 1.64. The predicted molar refractivity (Wildman–Crippen MR) is 53.4 cm³/mol. The summed E-state index contributed by atoms with van der Waals surface area (Å²) in [6, 6.07) is 0.275. The number of carbonyl (C=O) groups excluding carboxylic acids is 2. The first-order valence-corrected chi connectivity index (χ1v) is 5.38. The van der Waals surface area contributed by atoms with Crippen LogP contribution in [-0.2, 0) is 14.4 Å². The molecule has 2 fully saturated rings. The summed E-state index contributed by atoms with van der Waals surface area (Å²) in [5, 5.41) is 13.8. The number of carboxylic acid groups (broad SMARTS) is 1. The van der Waals surface area contributed by atoms with E-state index in [2.05, 4.69) is 10.6 Å². The quantitative estimate of drug-likeness (QED) is 0.566. The lowest BCUT2D eigenvalue weighted by Crippen LogP contribution is -2.38. The number of carboxylic acids is 1. The number of aliphatic carboxylic acids is 1. The zero-order valence-corrected chi connectivity index (χ0v) is 8.73. The van der Waals surface area contributed by atoms with Crippen LogP contribution in [0.15, 0.2) is 0 Å². The fourth-order valence-corrected chi connectivity index (χ4v) is 1.56. The Labute approximate surface area is 92.4 Å². The van der Waals surface area contributed by atoms with Crippen molar-refractivity contribution < 1.29 is 19.5 Å². The van der Waals surface area contributed by atoms with Crippen LogP contribution in [0, 0.1) is 11.8 Å². The van der Waals surface area contributed by atoms with Crippen LogP contribution in [0.5, 0.6) is 0 Å². The molecule has 16 heavy (non-hydrogen) atoms. The fraction of sp³-hybridized carbons (Fsp3) is 0.700. The van der Waals surface area contributed by atoms with Crippen LogP contribution in [0.1, 0.15) is 19.3 Å². The molecule has 6 heteroatoms. The summed E-state index contributed by atoms with van der Waals surface area (Å²) < 4.78 is 0. The van der Waals surface area contributed by atoms with Crippen molar-refractivity contribution >= 4 is 17.8 Å². The summed E-state index contributed by atoms with van der Waals surface area (Å²) in [5.74, 6) is -2.50. The standard InChI is InChI=1S/C10H14N2O4/c13-8(12-5-1-2-5)4-11-9(14)6-3-7(6)10(15)16/h5-7H,1-4H2,(H,11,14)(H,12,13)(H,15,16)/t6-,7+/m1/s1. The molecule has 0 saturated heterocycles. The molecule has 0 aliphatic heterocycles. The van der Waals surface area contributed by atoms with Gasteiger partial charge in [-0.1, -0.05) is 0 Å². The van der Waals surface area contributed by atoms with Crippen molar-refractivity contribution in [2.24, 2.45) is 11.8 Å². The molecule has 6 nitrogen and oxygen atoms in total. The van der Waals surface area contributed by atoms with Crippen LogP contribution >= 0.6 is 0 Å². The third-order valence-electron chi connectivity index (χ3n) is 2.81. The Kier molecular flexibility index (Phi) is 2.80. The number of hydrogen-bond donors (Lipinski definition) is 3. The highest BCUT2D eigenvalue weighted by molar-refractivity contribution is 5.91. The van der Waals surface area contributed by atoms with E-state index in [1.165, 1.54) is 0 Å². The zero-order chi connectivity index (χ0) is 11.7. The largest absolute Gasteiger partial charge is 0.481 e. The number of hydrogen-bond acceptors (Lipinski definition) is 3. The molecule has 2 atom stereocenters. The summed E-state index contributed by atoms with van der Waals surface area (Å²) in [6.07, 6.45) is 2.39. The van der Waals surface area contributed by atoms with Gasteiger partial charge in [-0.15, -0.1) is 0 Å². The summed E-state index contributed by atoms with van der Waals surface area (Å²) in [5.41, 5.74) is 0. The lowest BCUT2D eigenvalue weighted by Gasteiger charge is -2.04. The van der Waals surface area contributed by atoms with Crippen molar-refractivity contribution in [2.45, 2.75) is 25.3 Å². The summed E-state index contributed by atoms with van der Waals surface area (Å²) in [6.45, 7) is -0.0574. The van der Waals surface area contributed by atoms with Gasteiger partial charge in [-0.2, -0.15) is 0 Å². The highest BCUT2D eigenvalue weighted by Crippen LogP contribution is 2.38. The SMILES string of the molecule is O=C(CNC(=O)[C@@H]1C[C@@H]1C(=O)O)NC1CC1. The van der Waals surface area contributed by atoms with Crippen LogP contribution in [0.2, 0.25) is 0 Å². The van der Waals surface area contributed by atoms with E-state index in [-0.39, 0.29) is 24.4 Å². The van der Waals surface area contributed by atoms with Crippen molar-refractivity contribution in [3.63, 3.8) is 0 Å². The van der Waals surface area contributed by atoms with Crippen molar-refractivity contribution in [3.8, 4) is 0 Å². The van der Waals surface area contributed by atoms with Gasteiger partial charge in [-0.05, 0) is 19.3 Å². The smallest absolute Gasteiger partial charge is 0.307 e. The minimum absolute atomic E-state index is 0.0574. The second-order valence-corrected chi connectivity index (χ2v) is 4.35. The Hall–Kier alpha value is -1.59. The van der Waals surface area contributed by atoms with Gasteiger partial charge in [-0.25, -0.2) is 0 Å². The molecule has 2 aliphatic carbocycles. The average molecular weight is 226 g/mol. The van der Waals surface area contributed by atoms with Gasteiger partial charge in [0.2, 0.25) is 11.8 Å². The van der Waals surface area contributed by atoms with Crippen molar-refractivity contribution in [1.82, 2.24) is 10.6 Å². The van der Waals surface area contributed by atoms with E-state index < -0.39 is 17.8 Å². The molecule has 0 spiro atoms. The first-order valence-electron chi connectivity index (χ1n) is 5.38. The second kappa shape index (κ2) is 4.11. The van der Waals surface area contributed by atoms with E-state index in [0.29, 0.717) is 6.42 Å². The third kappa shape index (κ3) is 2.71. The van der Waals surface area contributed by atoms with Crippen LogP contribution in [0.4, 0.5) is 0 Å². The van der Waals surface area contributed by atoms with Gasteiger partial charge in [0.1, 0.15) is 0 Å². The average Bonchev–Trinajstić information content (AvgIpc) is 3.06. The lowest BCUT2D eigenvalue weighted by molar-refractivity contribution is -0.140. The molecule has 2 rings (SSSR count). The number of rotatable bonds is 5. The molecule has 3 N–H and O–H groups in total. The van der Waals surface area contributed by atoms with Gasteiger partial charge in [0.25, 0.3) is 0 Å². The maximum absolute atomic E-state index is 11.4. The normalized spacial score (nSPS) is 27.0. The van der Waals surface area contributed by atoms with E-state index in [1.54, 1.807) is 0 Å². The van der Waals surface area contributed by atoms with E-state index in [4.69, 9.17) is 5.11 Å². The zero-order valence-electron chi connectivity index (χ0n) is 8.73. The van der Waals surface area contributed by atoms with Crippen molar-refractivity contribution in [3.05, 3.63) is 0 Å². The molecule has 88 valence electrons. The fourth-order valence-electron chi connectivity index (χ4n) is 1.56. The first-order chi connectivity index (χ1) is 7.58. The summed E-state index contributed by atoms with van der Waals surface area (Å²) in [7, 11) is 0. The van der Waals surface area contributed by atoms with E-state index in [1.807, 2.05) is 0 Å². The number of amides is 2. The van der Waals surface area contributed by atoms with E-state index in [9.17, 15) is 14.4 Å². The van der Waals surface area contributed by atoms with Gasteiger partial charge in [0.05, 0.1) is 18.4 Å². The molecular formula is C10H14N2O4. The molecule has 2 saturated carbocycles. The molecule has 0 aromatic rings. The Morgan fingerprint density at radius 1 is 1.19 bits per heavy atom. The molecule has 0 radical (unpaired) electrons. The Bertz CT molecular complexity index is 338. The Morgan fingerprint density at radius 2 is 1.88 bits per heavy atom. The van der Waals surface area contributed by atoms with E-state index in [0.717, 1.165) is 12.8 Å². The second-order valence-electron chi connectivity index (χ2n) is 4.35. The Morgan fingerprint density at radius 3 is 2.38 bits per heavy atom. The molecule has 0 unspecified atom stereocenters.